The molecule has 2 nitrogen and oxygen atoms in total. The molecular weight excluding hydrogens is 180 g/mol. The fourth-order valence-electron chi connectivity index (χ4n) is 0.797. The normalized spacial score (nSPS) is 12.9. The van der Waals surface area contributed by atoms with Gasteiger partial charge < -0.3 is 4.55 Å². The van der Waals surface area contributed by atoms with Crippen LogP contribution in [0.3, 0.4) is 0 Å². The van der Waals surface area contributed by atoms with E-state index in [1.165, 1.54) is 0 Å². The Kier molecular flexibility index (Phi) is 3.11. The molecule has 0 heterocycles. The largest absolute Gasteiger partial charge is 0.768 e. The van der Waals surface area contributed by atoms with Crippen LogP contribution in [0, 0.1) is 0 Å². The first kappa shape index (κ1) is 8.77. The van der Waals surface area contributed by atoms with Gasteiger partial charge in [-0.3, -0.25) is 4.21 Å². The minimum atomic E-state index is -2.14. The van der Waals surface area contributed by atoms with Crippen molar-refractivity contribution >= 4 is 23.7 Å². The smallest absolute Gasteiger partial charge is 0.0289 e. The van der Waals surface area contributed by atoms with E-state index in [1.807, 2.05) is 0 Å². The van der Waals surface area contributed by atoms with Crippen LogP contribution in [0.25, 0.3) is 0 Å². The Hall–Kier alpha value is -0.320. The molecular formula is C7H7O2S2-. The van der Waals surface area contributed by atoms with Gasteiger partial charge in [-0.05, 0) is 22.7 Å². The molecule has 0 N–H and O–H groups in total. The fourth-order valence-corrected chi connectivity index (χ4v) is 1.72. The van der Waals surface area contributed by atoms with E-state index in [0.29, 0.717) is 10.6 Å². The zero-order valence-electron chi connectivity index (χ0n) is 5.69. The molecule has 0 aromatic heterocycles. The maximum atomic E-state index is 10.5. The molecule has 0 saturated heterocycles. The molecule has 0 bridgehead atoms. The van der Waals surface area contributed by atoms with Gasteiger partial charge >= 0.3 is 0 Å². The van der Waals surface area contributed by atoms with Gasteiger partial charge in [-0.25, -0.2) is 0 Å². The van der Waals surface area contributed by atoms with Crippen LogP contribution in [0.5, 0.6) is 0 Å². The molecule has 1 aromatic carbocycles. The lowest BCUT2D eigenvalue weighted by Crippen LogP contribution is -1.93. The van der Waals surface area contributed by atoms with Crippen molar-refractivity contribution in [3.8, 4) is 0 Å². The van der Waals surface area contributed by atoms with Gasteiger partial charge in [0.1, 0.15) is 0 Å². The highest BCUT2D eigenvalue weighted by Crippen LogP contribution is 2.13. The molecule has 4 heteroatoms. The van der Waals surface area contributed by atoms with Crippen LogP contribution >= 0.6 is 12.6 Å². The number of rotatable bonds is 2. The lowest BCUT2D eigenvalue weighted by Gasteiger charge is -2.08. The second kappa shape index (κ2) is 3.90. The molecule has 1 atom stereocenters. The van der Waals surface area contributed by atoms with Gasteiger partial charge in [0.25, 0.3) is 0 Å². The average Bonchev–Trinajstić information content (AvgIpc) is 2.04. The first-order chi connectivity index (χ1) is 5.25. The summed E-state index contributed by atoms with van der Waals surface area (Å²) in [4.78, 5) is 0.336. The summed E-state index contributed by atoms with van der Waals surface area (Å²) in [5, 5.41) is 0. The summed E-state index contributed by atoms with van der Waals surface area (Å²) >= 11 is 1.86. The molecule has 1 aromatic rings. The molecule has 11 heavy (non-hydrogen) atoms. The lowest BCUT2D eigenvalue weighted by molar-refractivity contribution is 0.536. The van der Waals surface area contributed by atoms with Gasteiger partial charge in [0.15, 0.2) is 0 Å². The predicted octanol–water partition coefficient (Wildman–Crippen LogP) is 1.35. The van der Waals surface area contributed by atoms with Gasteiger partial charge in [-0.1, -0.05) is 18.2 Å². The SMILES string of the molecule is O=S([O-])c1ccccc1CS. The fraction of sp³-hybridized carbons (Fsp3) is 0.143. The minimum Gasteiger partial charge on any atom is -0.768 e. The summed E-state index contributed by atoms with van der Waals surface area (Å²) in [5.41, 5.74) is 0.740. The highest BCUT2D eigenvalue weighted by molar-refractivity contribution is 7.80. The van der Waals surface area contributed by atoms with E-state index in [-0.39, 0.29) is 0 Å². The second-order valence-corrected chi connectivity index (χ2v) is 3.23. The predicted molar refractivity (Wildman–Crippen MR) is 46.3 cm³/mol. The summed E-state index contributed by atoms with van der Waals surface area (Å²) in [6.45, 7) is 0. The second-order valence-electron chi connectivity index (χ2n) is 2.00. The standard InChI is InChI=1S/C7H8O2S2/c8-11(9)7-4-2-1-3-6(7)5-10/h1-4,10H,5H2,(H,8,9)/p-1. The Morgan fingerprint density at radius 2 is 2.09 bits per heavy atom. The Morgan fingerprint density at radius 3 is 2.55 bits per heavy atom. The van der Waals surface area contributed by atoms with Crippen LogP contribution in [-0.4, -0.2) is 8.76 Å². The van der Waals surface area contributed by atoms with E-state index in [2.05, 4.69) is 12.6 Å². The van der Waals surface area contributed by atoms with E-state index in [1.54, 1.807) is 24.3 Å². The van der Waals surface area contributed by atoms with Gasteiger partial charge in [0.2, 0.25) is 0 Å². The van der Waals surface area contributed by atoms with Crippen molar-refractivity contribution in [1.82, 2.24) is 0 Å². The number of hydrogen-bond acceptors (Lipinski definition) is 3. The van der Waals surface area contributed by atoms with Gasteiger partial charge in [-0.2, -0.15) is 12.6 Å². The average molecular weight is 187 g/mol. The maximum absolute atomic E-state index is 10.5. The first-order valence-corrected chi connectivity index (χ1v) is 4.74. The van der Waals surface area contributed by atoms with Crippen LogP contribution < -0.4 is 0 Å². The third kappa shape index (κ3) is 2.05. The summed E-state index contributed by atoms with van der Waals surface area (Å²) in [5.74, 6) is 0.449. The quantitative estimate of drug-likeness (QED) is 0.561. The summed E-state index contributed by atoms with van der Waals surface area (Å²) in [7, 11) is 0. The molecule has 0 aliphatic carbocycles. The van der Waals surface area contributed by atoms with Crippen LogP contribution in [0.15, 0.2) is 29.2 Å². The van der Waals surface area contributed by atoms with E-state index >= 15 is 0 Å². The van der Waals surface area contributed by atoms with Crippen molar-refractivity contribution in [2.45, 2.75) is 10.6 Å². The minimum absolute atomic E-state index is 0.336. The van der Waals surface area contributed by atoms with Crippen LogP contribution in [0.1, 0.15) is 5.56 Å². The van der Waals surface area contributed by atoms with Crippen molar-refractivity contribution in [3.05, 3.63) is 29.8 Å². The molecule has 0 radical (unpaired) electrons. The van der Waals surface area contributed by atoms with Crippen molar-refractivity contribution in [1.29, 1.82) is 0 Å². The third-order valence-corrected chi connectivity index (χ3v) is 2.42. The van der Waals surface area contributed by atoms with E-state index < -0.39 is 11.1 Å². The molecule has 0 spiro atoms. The first-order valence-electron chi connectivity index (χ1n) is 3.03. The summed E-state index contributed by atoms with van der Waals surface area (Å²) < 4.78 is 21.1. The highest BCUT2D eigenvalue weighted by Gasteiger charge is 1.97. The Balaban J connectivity index is 3.12. The summed E-state index contributed by atoms with van der Waals surface area (Å²) in [6, 6.07) is 6.80. The Labute approximate surface area is 73.3 Å². The van der Waals surface area contributed by atoms with Gasteiger partial charge in [0, 0.05) is 10.6 Å². The monoisotopic (exact) mass is 187 g/mol. The summed E-state index contributed by atoms with van der Waals surface area (Å²) in [6.07, 6.45) is 0. The van der Waals surface area contributed by atoms with Crippen molar-refractivity contribution < 1.29 is 8.76 Å². The number of benzene rings is 1. The molecule has 60 valence electrons. The van der Waals surface area contributed by atoms with Crippen molar-refractivity contribution in [2.75, 3.05) is 0 Å². The van der Waals surface area contributed by atoms with E-state index in [9.17, 15) is 8.76 Å². The van der Waals surface area contributed by atoms with Crippen LogP contribution in [0.4, 0.5) is 0 Å². The van der Waals surface area contributed by atoms with Crippen molar-refractivity contribution in [3.63, 3.8) is 0 Å². The van der Waals surface area contributed by atoms with E-state index in [4.69, 9.17) is 0 Å². The molecule has 0 amide bonds. The Bertz CT molecular complexity index is 273. The maximum Gasteiger partial charge on any atom is 0.0289 e. The van der Waals surface area contributed by atoms with Crippen LogP contribution in [-0.2, 0) is 16.8 Å². The third-order valence-electron chi connectivity index (χ3n) is 1.32. The van der Waals surface area contributed by atoms with Crippen molar-refractivity contribution in [2.24, 2.45) is 0 Å². The molecule has 0 fully saturated rings. The Morgan fingerprint density at radius 1 is 1.45 bits per heavy atom. The number of thiol groups is 1. The molecule has 0 aliphatic rings. The highest BCUT2D eigenvalue weighted by atomic mass is 32.2. The van der Waals surface area contributed by atoms with E-state index in [0.717, 1.165) is 5.56 Å². The topological polar surface area (TPSA) is 40.1 Å². The zero-order chi connectivity index (χ0) is 8.27. The molecule has 0 aliphatic heterocycles. The molecule has 1 unspecified atom stereocenters. The number of hydrogen-bond donors (Lipinski definition) is 1. The lowest BCUT2D eigenvalue weighted by atomic mass is 10.2. The zero-order valence-corrected chi connectivity index (χ0v) is 7.40. The van der Waals surface area contributed by atoms with Gasteiger partial charge in [0.05, 0.1) is 0 Å². The van der Waals surface area contributed by atoms with Crippen LogP contribution in [0.2, 0.25) is 0 Å². The molecule has 0 saturated carbocycles. The van der Waals surface area contributed by atoms with Gasteiger partial charge in [-0.15, -0.1) is 0 Å². The molecule has 1 rings (SSSR count).